The molecule has 31 heavy (non-hydrogen) atoms. The molecule has 4 heterocycles. The predicted octanol–water partition coefficient (Wildman–Crippen LogP) is 4.95. The number of rotatable bonds is 6. The molecule has 3 aliphatic heterocycles. The van der Waals surface area contributed by atoms with E-state index in [0.29, 0.717) is 12.5 Å². The van der Waals surface area contributed by atoms with Gasteiger partial charge in [0.25, 0.3) is 0 Å². The number of esters is 1. The van der Waals surface area contributed by atoms with E-state index in [4.69, 9.17) is 4.74 Å². The topological polar surface area (TPSA) is 48.6 Å². The number of aromatic nitrogens is 1. The van der Waals surface area contributed by atoms with Gasteiger partial charge in [0, 0.05) is 53.2 Å². The molecule has 2 aromatic rings. The van der Waals surface area contributed by atoms with Crippen molar-refractivity contribution in [2.75, 3.05) is 26.7 Å². The fourth-order valence-corrected chi connectivity index (χ4v) is 7.08. The number of methoxy groups -OCH3 is 1. The summed E-state index contributed by atoms with van der Waals surface area (Å²) in [5.74, 6) is 1.43. The van der Waals surface area contributed by atoms with Crippen molar-refractivity contribution in [1.29, 1.82) is 0 Å². The van der Waals surface area contributed by atoms with Crippen molar-refractivity contribution < 1.29 is 9.53 Å². The summed E-state index contributed by atoms with van der Waals surface area (Å²) in [6.45, 7) is 4.73. The zero-order valence-electron chi connectivity index (χ0n) is 18.5. The Bertz CT molecular complexity index is 927. The van der Waals surface area contributed by atoms with E-state index in [1.165, 1.54) is 68.9 Å². The van der Waals surface area contributed by atoms with E-state index in [1.54, 1.807) is 0 Å². The number of hydrogen-bond acceptors (Lipinski definition) is 4. The number of carbonyl (C=O) groups is 1. The van der Waals surface area contributed by atoms with Crippen molar-refractivity contribution in [2.45, 2.75) is 63.6 Å². The number of ether oxygens (including phenoxy) is 1. The normalized spacial score (nSPS) is 29.1. The highest BCUT2D eigenvalue weighted by atomic mass is 79.9. The first-order valence-corrected chi connectivity index (χ1v) is 12.7. The predicted molar refractivity (Wildman–Crippen MR) is 127 cm³/mol. The summed E-state index contributed by atoms with van der Waals surface area (Å²) in [6.07, 6.45) is 10.1. The fraction of sp³-hybridized carbons (Fsp3) is 0.640. The molecule has 0 saturated carbocycles. The molecule has 168 valence electrons. The minimum absolute atomic E-state index is 0.0790. The quantitative estimate of drug-likeness (QED) is 0.585. The van der Waals surface area contributed by atoms with Crippen LogP contribution in [0.2, 0.25) is 0 Å². The van der Waals surface area contributed by atoms with E-state index in [2.05, 4.69) is 55.1 Å². The second-order valence-electron chi connectivity index (χ2n) is 9.70. The minimum Gasteiger partial charge on any atom is -0.469 e. The van der Waals surface area contributed by atoms with E-state index in [0.717, 1.165) is 41.7 Å². The van der Waals surface area contributed by atoms with Gasteiger partial charge < -0.3 is 9.72 Å². The maximum atomic E-state index is 11.8. The average molecular weight is 488 g/mol. The van der Waals surface area contributed by atoms with Gasteiger partial charge in [0.2, 0.25) is 0 Å². The summed E-state index contributed by atoms with van der Waals surface area (Å²) in [5.41, 5.74) is 2.59. The lowest BCUT2D eigenvalue weighted by atomic mass is 9.69. The maximum absolute atomic E-state index is 11.8. The van der Waals surface area contributed by atoms with Gasteiger partial charge in [-0.1, -0.05) is 15.9 Å². The van der Waals surface area contributed by atoms with Crippen LogP contribution in [0.5, 0.6) is 0 Å². The number of carbonyl (C=O) groups excluding carboxylic acids is 1. The summed E-state index contributed by atoms with van der Waals surface area (Å²) < 4.78 is 6.04. The molecule has 6 heteroatoms. The molecule has 4 atom stereocenters. The molecule has 1 N–H and O–H groups in total. The first-order chi connectivity index (χ1) is 15.1. The first-order valence-electron chi connectivity index (χ1n) is 11.9. The Morgan fingerprint density at radius 2 is 2.10 bits per heavy atom. The van der Waals surface area contributed by atoms with E-state index in [9.17, 15) is 4.79 Å². The number of fused-ring (bicyclic) bond motifs is 1. The summed E-state index contributed by atoms with van der Waals surface area (Å²) in [7, 11) is 1.50. The molecule has 0 aliphatic carbocycles. The second kappa shape index (κ2) is 9.24. The van der Waals surface area contributed by atoms with Crippen molar-refractivity contribution in [1.82, 2.24) is 14.8 Å². The van der Waals surface area contributed by atoms with Gasteiger partial charge in [-0.3, -0.25) is 14.6 Å². The highest BCUT2D eigenvalue weighted by Crippen LogP contribution is 2.44. The molecule has 0 unspecified atom stereocenters. The van der Waals surface area contributed by atoms with Gasteiger partial charge in [0.1, 0.15) is 0 Å². The Kier molecular flexibility index (Phi) is 6.40. The van der Waals surface area contributed by atoms with Crippen molar-refractivity contribution in [3.8, 4) is 0 Å². The van der Waals surface area contributed by atoms with Crippen LogP contribution in [0.4, 0.5) is 0 Å². The molecule has 3 fully saturated rings. The highest BCUT2D eigenvalue weighted by molar-refractivity contribution is 9.10. The van der Waals surface area contributed by atoms with Crippen LogP contribution in [0.25, 0.3) is 10.9 Å². The van der Waals surface area contributed by atoms with E-state index >= 15 is 0 Å². The molecule has 0 spiro atoms. The van der Waals surface area contributed by atoms with Crippen LogP contribution >= 0.6 is 15.9 Å². The molecule has 5 rings (SSSR count). The van der Waals surface area contributed by atoms with Gasteiger partial charge in [0.15, 0.2) is 0 Å². The van der Waals surface area contributed by atoms with Crippen LogP contribution in [0.3, 0.4) is 0 Å². The standard InChI is InChI=1S/C25H34BrN3O2/c1-31-24(30)8-2-7-23-20-6-4-12-28-11-3-5-17(25(20)28)15-29(23)16-18-14-27-22-10-9-19(26)13-21(18)22/h9-10,13-14,17,20,23,25,27H,2-8,11-12,15-16H2,1H3/t17-,20-,23-,25+/m1/s1. The molecule has 3 aliphatic rings. The zero-order valence-corrected chi connectivity index (χ0v) is 20.1. The van der Waals surface area contributed by atoms with Crippen LogP contribution in [0.1, 0.15) is 50.5 Å². The molecule has 1 aromatic heterocycles. The minimum atomic E-state index is -0.0790. The number of H-pyrrole nitrogens is 1. The van der Waals surface area contributed by atoms with E-state index < -0.39 is 0 Å². The number of nitrogens with one attached hydrogen (secondary N) is 1. The number of benzene rings is 1. The number of halogens is 1. The van der Waals surface area contributed by atoms with E-state index in [1.807, 2.05) is 0 Å². The molecule has 5 nitrogen and oxygen atoms in total. The second-order valence-corrected chi connectivity index (χ2v) is 10.6. The van der Waals surface area contributed by atoms with Crippen LogP contribution < -0.4 is 0 Å². The molecule has 0 radical (unpaired) electrons. The van der Waals surface area contributed by atoms with Crippen molar-refractivity contribution in [2.24, 2.45) is 11.8 Å². The monoisotopic (exact) mass is 487 g/mol. The van der Waals surface area contributed by atoms with Gasteiger partial charge in [-0.15, -0.1) is 0 Å². The molecule has 0 bridgehead atoms. The molecular weight excluding hydrogens is 454 g/mol. The van der Waals surface area contributed by atoms with Crippen LogP contribution in [0.15, 0.2) is 28.9 Å². The Hall–Kier alpha value is -1.37. The number of aromatic amines is 1. The lowest BCUT2D eigenvalue weighted by molar-refractivity contribution is -0.141. The van der Waals surface area contributed by atoms with E-state index in [-0.39, 0.29) is 5.97 Å². The van der Waals surface area contributed by atoms with Crippen molar-refractivity contribution >= 4 is 32.8 Å². The third-order valence-electron chi connectivity index (χ3n) is 7.99. The molecular formula is C25H34BrN3O2. The van der Waals surface area contributed by atoms with Crippen molar-refractivity contribution in [3.05, 3.63) is 34.4 Å². The number of hydrogen-bond donors (Lipinski definition) is 1. The average Bonchev–Trinajstić information content (AvgIpc) is 3.17. The maximum Gasteiger partial charge on any atom is 0.305 e. The van der Waals surface area contributed by atoms with Gasteiger partial charge in [-0.05, 0) is 87.2 Å². The number of nitrogens with zero attached hydrogens (tertiary/aromatic N) is 2. The molecule has 1 aromatic carbocycles. The van der Waals surface area contributed by atoms with Crippen LogP contribution in [-0.2, 0) is 16.1 Å². The molecule has 3 saturated heterocycles. The van der Waals surface area contributed by atoms with Gasteiger partial charge in [0.05, 0.1) is 7.11 Å². The first kappa shape index (κ1) is 21.5. The molecule has 0 amide bonds. The lowest BCUT2D eigenvalue weighted by Crippen LogP contribution is -2.64. The summed E-state index contributed by atoms with van der Waals surface area (Å²) in [4.78, 5) is 20.8. The largest absolute Gasteiger partial charge is 0.469 e. The fourth-order valence-electron chi connectivity index (χ4n) is 6.72. The SMILES string of the molecule is COC(=O)CCC[C@@H]1[C@H]2CCCN3CCC[C@H](CN1Cc1c[nH]c4ccc(Br)cc14)[C@@H]23. The Labute approximate surface area is 193 Å². The van der Waals surface area contributed by atoms with Gasteiger partial charge in [-0.2, -0.15) is 0 Å². The summed E-state index contributed by atoms with van der Waals surface area (Å²) >= 11 is 3.65. The van der Waals surface area contributed by atoms with Crippen molar-refractivity contribution in [3.63, 3.8) is 0 Å². The Balaban J connectivity index is 1.41. The van der Waals surface area contributed by atoms with Gasteiger partial charge >= 0.3 is 5.97 Å². The summed E-state index contributed by atoms with van der Waals surface area (Å²) in [5, 5.41) is 1.32. The van der Waals surface area contributed by atoms with Crippen LogP contribution in [0, 0.1) is 11.8 Å². The third kappa shape index (κ3) is 4.31. The number of piperidine rings is 3. The smallest absolute Gasteiger partial charge is 0.305 e. The highest BCUT2D eigenvalue weighted by Gasteiger charge is 2.48. The zero-order chi connectivity index (χ0) is 21.4. The number of likely N-dealkylation sites (tertiary alicyclic amines) is 1. The Morgan fingerprint density at radius 3 is 2.94 bits per heavy atom. The van der Waals surface area contributed by atoms with Crippen LogP contribution in [-0.4, -0.2) is 59.6 Å². The Morgan fingerprint density at radius 1 is 1.26 bits per heavy atom. The summed E-state index contributed by atoms with van der Waals surface area (Å²) in [6, 6.07) is 7.79. The van der Waals surface area contributed by atoms with Gasteiger partial charge in [-0.25, -0.2) is 0 Å². The lowest BCUT2D eigenvalue weighted by Gasteiger charge is -2.57. The third-order valence-corrected chi connectivity index (χ3v) is 8.48.